The molecule has 0 amide bonds. The van der Waals surface area contributed by atoms with Gasteiger partial charge in [-0.15, -0.1) is 0 Å². The molecule has 0 saturated carbocycles. The molecule has 3 atom stereocenters. The summed E-state index contributed by atoms with van der Waals surface area (Å²) in [6.07, 6.45) is 2.63. The van der Waals surface area contributed by atoms with Crippen LogP contribution in [0.25, 0.3) is 0 Å². The standard InChI is InChI=1S/C18H26N6O2/c1-4-12(13-6-5-7-17(22-13)26-3)21-14-10-24(11-15(14)25-2)16-8-9-20-18(19)23-16/h5-9,12,14-15,21H,4,10-11H2,1-3H3,(H2,19,20,23)/t12?,14-,15+/m1/s1. The second-order valence-electron chi connectivity index (χ2n) is 6.29. The van der Waals surface area contributed by atoms with Crippen molar-refractivity contribution in [2.75, 3.05) is 37.9 Å². The zero-order valence-corrected chi connectivity index (χ0v) is 15.4. The Morgan fingerprint density at radius 3 is 2.81 bits per heavy atom. The maximum atomic E-state index is 5.72. The zero-order chi connectivity index (χ0) is 18.5. The number of rotatable bonds is 7. The number of nitrogen functional groups attached to an aromatic ring is 1. The minimum Gasteiger partial charge on any atom is -0.481 e. The third-order valence-electron chi connectivity index (χ3n) is 4.69. The van der Waals surface area contributed by atoms with E-state index in [2.05, 4.69) is 32.1 Å². The molecule has 3 rings (SSSR count). The highest BCUT2D eigenvalue weighted by atomic mass is 16.5. The van der Waals surface area contributed by atoms with Crippen molar-refractivity contribution < 1.29 is 9.47 Å². The Balaban J connectivity index is 1.74. The first-order chi connectivity index (χ1) is 12.6. The number of hydrogen-bond donors (Lipinski definition) is 2. The quantitative estimate of drug-likeness (QED) is 0.766. The van der Waals surface area contributed by atoms with Gasteiger partial charge in [0, 0.05) is 38.5 Å². The molecule has 1 fully saturated rings. The number of ether oxygens (including phenoxy) is 2. The van der Waals surface area contributed by atoms with E-state index in [4.69, 9.17) is 15.2 Å². The Morgan fingerprint density at radius 2 is 2.12 bits per heavy atom. The SMILES string of the molecule is CCC(N[C@@H]1CN(c2ccnc(N)n2)C[C@@H]1OC)c1cccc(OC)n1. The summed E-state index contributed by atoms with van der Waals surface area (Å²) in [7, 11) is 3.37. The number of anilines is 2. The van der Waals surface area contributed by atoms with Gasteiger partial charge in [0.25, 0.3) is 0 Å². The number of nitrogens with one attached hydrogen (secondary N) is 1. The maximum absolute atomic E-state index is 5.72. The summed E-state index contributed by atoms with van der Waals surface area (Å²) < 4.78 is 11.0. The van der Waals surface area contributed by atoms with E-state index < -0.39 is 0 Å². The van der Waals surface area contributed by atoms with Crippen LogP contribution in [0, 0.1) is 0 Å². The van der Waals surface area contributed by atoms with Crippen molar-refractivity contribution in [3.05, 3.63) is 36.2 Å². The fourth-order valence-electron chi connectivity index (χ4n) is 3.31. The molecule has 1 aliphatic rings. The summed E-state index contributed by atoms with van der Waals surface area (Å²) in [5, 5.41) is 3.69. The number of pyridine rings is 1. The van der Waals surface area contributed by atoms with E-state index in [0.29, 0.717) is 5.88 Å². The monoisotopic (exact) mass is 358 g/mol. The second-order valence-corrected chi connectivity index (χ2v) is 6.29. The van der Waals surface area contributed by atoms with Crippen molar-refractivity contribution in [3.63, 3.8) is 0 Å². The number of aromatic nitrogens is 3. The van der Waals surface area contributed by atoms with Crippen LogP contribution in [0.15, 0.2) is 30.5 Å². The summed E-state index contributed by atoms with van der Waals surface area (Å²) >= 11 is 0. The maximum Gasteiger partial charge on any atom is 0.221 e. The van der Waals surface area contributed by atoms with Crippen molar-refractivity contribution in [3.8, 4) is 5.88 Å². The van der Waals surface area contributed by atoms with Gasteiger partial charge in [0.1, 0.15) is 5.82 Å². The Bertz CT molecular complexity index is 728. The lowest BCUT2D eigenvalue weighted by atomic mass is 10.1. The Morgan fingerprint density at radius 1 is 1.27 bits per heavy atom. The van der Waals surface area contributed by atoms with Gasteiger partial charge in [-0.3, -0.25) is 0 Å². The lowest BCUT2D eigenvalue weighted by Crippen LogP contribution is -2.42. The van der Waals surface area contributed by atoms with Gasteiger partial charge < -0.3 is 25.4 Å². The zero-order valence-electron chi connectivity index (χ0n) is 15.4. The summed E-state index contributed by atoms with van der Waals surface area (Å²) in [6, 6.07) is 7.96. The Labute approximate surface area is 153 Å². The Hall–Kier alpha value is -2.45. The van der Waals surface area contributed by atoms with Crippen molar-refractivity contribution in [2.45, 2.75) is 31.5 Å². The molecule has 26 heavy (non-hydrogen) atoms. The number of nitrogens with two attached hydrogens (primary N) is 1. The van der Waals surface area contributed by atoms with Gasteiger partial charge in [0.15, 0.2) is 0 Å². The van der Waals surface area contributed by atoms with E-state index in [1.807, 2.05) is 24.3 Å². The minimum absolute atomic E-state index is 0.0471. The lowest BCUT2D eigenvalue weighted by Gasteiger charge is -2.25. The molecule has 1 unspecified atom stereocenters. The first-order valence-corrected chi connectivity index (χ1v) is 8.77. The average Bonchev–Trinajstić information content (AvgIpc) is 3.09. The third kappa shape index (κ3) is 4.03. The van der Waals surface area contributed by atoms with E-state index in [1.54, 1.807) is 20.4 Å². The van der Waals surface area contributed by atoms with Crippen LogP contribution in [0.5, 0.6) is 5.88 Å². The largest absolute Gasteiger partial charge is 0.481 e. The fraction of sp³-hybridized carbons (Fsp3) is 0.500. The van der Waals surface area contributed by atoms with Crippen LogP contribution in [0.2, 0.25) is 0 Å². The van der Waals surface area contributed by atoms with Crippen LogP contribution in [0.3, 0.4) is 0 Å². The molecule has 0 bridgehead atoms. The molecule has 3 heterocycles. The van der Waals surface area contributed by atoms with Gasteiger partial charge in [0.05, 0.1) is 24.9 Å². The smallest absolute Gasteiger partial charge is 0.221 e. The predicted octanol–water partition coefficient (Wildman–Crippen LogP) is 1.41. The van der Waals surface area contributed by atoms with Crippen LogP contribution in [0.4, 0.5) is 11.8 Å². The minimum atomic E-state index is 0.0471. The highest BCUT2D eigenvalue weighted by Crippen LogP contribution is 2.24. The summed E-state index contributed by atoms with van der Waals surface area (Å²) in [5.74, 6) is 1.71. The summed E-state index contributed by atoms with van der Waals surface area (Å²) in [4.78, 5) is 15.0. The summed E-state index contributed by atoms with van der Waals surface area (Å²) in [6.45, 7) is 3.65. The van der Waals surface area contributed by atoms with E-state index >= 15 is 0 Å². The first-order valence-electron chi connectivity index (χ1n) is 8.77. The van der Waals surface area contributed by atoms with Gasteiger partial charge in [0.2, 0.25) is 11.8 Å². The third-order valence-corrected chi connectivity index (χ3v) is 4.69. The molecule has 140 valence electrons. The van der Waals surface area contributed by atoms with Crippen LogP contribution in [-0.2, 0) is 4.74 Å². The molecule has 2 aromatic rings. The molecular weight excluding hydrogens is 332 g/mol. The van der Waals surface area contributed by atoms with Crippen molar-refractivity contribution in [2.24, 2.45) is 0 Å². The second kappa shape index (κ2) is 8.29. The van der Waals surface area contributed by atoms with Gasteiger partial charge in [-0.1, -0.05) is 13.0 Å². The molecule has 8 heteroatoms. The van der Waals surface area contributed by atoms with E-state index in [-0.39, 0.29) is 24.1 Å². The molecule has 0 radical (unpaired) electrons. The molecule has 0 aliphatic carbocycles. The molecule has 0 spiro atoms. The molecule has 1 aliphatic heterocycles. The molecule has 8 nitrogen and oxygen atoms in total. The summed E-state index contributed by atoms with van der Waals surface area (Å²) in [5.41, 5.74) is 6.68. The average molecular weight is 358 g/mol. The molecule has 1 saturated heterocycles. The molecule has 0 aromatic carbocycles. The van der Waals surface area contributed by atoms with Gasteiger partial charge >= 0.3 is 0 Å². The van der Waals surface area contributed by atoms with Crippen LogP contribution < -0.4 is 20.7 Å². The van der Waals surface area contributed by atoms with Crippen LogP contribution in [-0.4, -0.2) is 54.4 Å². The molecular formula is C18H26N6O2. The van der Waals surface area contributed by atoms with E-state index in [0.717, 1.165) is 31.0 Å². The first kappa shape index (κ1) is 18.3. The number of nitrogens with zero attached hydrogens (tertiary/aromatic N) is 4. The lowest BCUT2D eigenvalue weighted by molar-refractivity contribution is 0.0926. The molecule has 3 N–H and O–H groups in total. The predicted molar refractivity (Wildman–Crippen MR) is 100 cm³/mol. The van der Waals surface area contributed by atoms with Crippen molar-refractivity contribution in [1.29, 1.82) is 0 Å². The number of hydrogen-bond acceptors (Lipinski definition) is 8. The van der Waals surface area contributed by atoms with E-state index in [9.17, 15) is 0 Å². The Kier molecular flexibility index (Phi) is 5.85. The topological polar surface area (TPSA) is 98.4 Å². The van der Waals surface area contributed by atoms with Crippen LogP contribution in [0.1, 0.15) is 25.1 Å². The van der Waals surface area contributed by atoms with E-state index in [1.165, 1.54) is 0 Å². The number of methoxy groups -OCH3 is 2. The van der Waals surface area contributed by atoms with Crippen molar-refractivity contribution in [1.82, 2.24) is 20.3 Å². The van der Waals surface area contributed by atoms with Gasteiger partial charge in [-0.25, -0.2) is 9.97 Å². The normalized spacial score (nSPS) is 21.0. The van der Waals surface area contributed by atoms with Crippen molar-refractivity contribution >= 4 is 11.8 Å². The highest BCUT2D eigenvalue weighted by Gasteiger charge is 2.35. The highest BCUT2D eigenvalue weighted by molar-refractivity contribution is 5.43. The van der Waals surface area contributed by atoms with Crippen LogP contribution >= 0.6 is 0 Å². The van der Waals surface area contributed by atoms with Gasteiger partial charge in [-0.2, -0.15) is 4.98 Å². The molecule has 2 aromatic heterocycles. The van der Waals surface area contributed by atoms with Gasteiger partial charge in [-0.05, 0) is 18.6 Å². The fourth-order valence-corrected chi connectivity index (χ4v) is 3.31.